The number of amides is 1. The lowest BCUT2D eigenvalue weighted by molar-refractivity contribution is -0.126. The molecule has 0 bridgehead atoms. The summed E-state index contributed by atoms with van der Waals surface area (Å²) >= 11 is 0. The molecule has 0 saturated heterocycles. The quantitative estimate of drug-likeness (QED) is 0.748. The number of benzene rings is 1. The number of aldehydes is 1. The Hall–Kier alpha value is -2.01. The number of aliphatic hydroxyl groups is 1. The van der Waals surface area contributed by atoms with Gasteiger partial charge in [-0.2, -0.15) is 0 Å². The normalized spacial score (nSPS) is 15.1. The van der Waals surface area contributed by atoms with Crippen LogP contribution in [0.15, 0.2) is 17.7 Å². The third-order valence-corrected chi connectivity index (χ3v) is 2.71. The van der Waals surface area contributed by atoms with Crippen molar-refractivity contribution in [2.45, 2.75) is 12.5 Å². The van der Waals surface area contributed by atoms with Gasteiger partial charge in [-0.25, -0.2) is 4.39 Å². The number of carbonyl (C=O) groups is 2. The van der Waals surface area contributed by atoms with Crippen molar-refractivity contribution in [3.8, 4) is 0 Å². The average molecular weight is 235 g/mol. The van der Waals surface area contributed by atoms with Crippen molar-refractivity contribution < 1.29 is 19.1 Å². The number of aliphatic hydroxyl groups excluding tert-OH is 1. The zero-order valence-corrected chi connectivity index (χ0v) is 8.81. The van der Waals surface area contributed by atoms with E-state index in [1.165, 1.54) is 12.1 Å². The van der Waals surface area contributed by atoms with E-state index in [9.17, 15) is 19.1 Å². The average Bonchev–Trinajstić information content (AvgIpc) is 2.71. The molecule has 1 aliphatic carbocycles. The Morgan fingerprint density at radius 2 is 2.24 bits per heavy atom. The van der Waals surface area contributed by atoms with E-state index in [2.05, 4.69) is 0 Å². The summed E-state index contributed by atoms with van der Waals surface area (Å²) in [7, 11) is 0. The Morgan fingerprint density at radius 3 is 2.82 bits per heavy atom. The Bertz CT molecular complexity index is 537. The van der Waals surface area contributed by atoms with Crippen LogP contribution in [0, 0.1) is 5.82 Å². The molecule has 1 aromatic rings. The predicted molar refractivity (Wildman–Crippen MR) is 58.3 cm³/mol. The van der Waals surface area contributed by atoms with Gasteiger partial charge in [0.2, 0.25) is 0 Å². The molecule has 5 heteroatoms. The second-order valence-electron chi connectivity index (χ2n) is 3.89. The zero-order valence-electron chi connectivity index (χ0n) is 8.81. The van der Waals surface area contributed by atoms with Gasteiger partial charge in [-0.1, -0.05) is 0 Å². The van der Waals surface area contributed by atoms with Crippen LogP contribution in [0.3, 0.4) is 0 Å². The summed E-state index contributed by atoms with van der Waals surface area (Å²) in [5.74, 6) is -1.49. The van der Waals surface area contributed by atoms with Gasteiger partial charge in [0, 0.05) is 6.42 Å². The van der Waals surface area contributed by atoms with E-state index in [-0.39, 0.29) is 12.0 Å². The van der Waals surface area contributed by atoms with Gasteiger partial charge in [0.1, 0.15) is 12.1 Å². The predicted octanol–water partition coefficient (Wildman–Crippen LogP) is 0.483. The van der Waals surface area contributed by atoms with Crippen molar-refractivity contribution in [2.24, 2.45) is 5.73 Å². The molecule has 1 amide bonds. The number of allylic oxidation sites excluding steroid dienone is 1. The molecule has 0 spiro atoms. The van der Waals surface area contributed by atoms with Crippen molar-refractivity contribution in [3.05, 3.63) is 40.2 Å². The number of fused-ring (bicyclic) bond motifs is 1. The summed E-state index contributed by atoms with van der Waals surface area (Å²) in [5, 5.41) is 9.45. The van der Waals surface area contributed by atoms with Crippen molar-refractivity contribution in [1.29, 1.82) is 0 Å². The first-order chi connectivity index (χ1) is 8.02. The molecule has 3 N–H and O–H groups in total. The fraction of sp³-hybridized carbons (Fsp3) is 0.167. The molecule has 1 aromatic carbocycles. The molecule has 17 heavy (non-hydrogen) atoms. The molecule has 0 heterocycles. The molecule has 2 rings (SSSR count). The molecule has 1 aliphatic rings. The molecule has 4 nitrogen and oxygen atoms in total. The van der Waals surface area contributed by atoms with Gasteiger partial charge < -0.3 is 10.8 Å². The van der Waals surface area contributed by atoms with E-state index in [1.807, 2.05) is 0 Å². The standard InChI is InChI=1S/C12H10FNO3/c13-10-4-8(11(16)12(14)17)3-7-1-6(5-15)2-9(7)10/h1,3-5,11,16H,2H2,(H2,14,17). The molecule has 0 fully saturated rings. The monoisotopic (exact) mass is 235 g/mol. The van der Waals surface area contributed by atoms with Crippen LogP contribution in [0.25, 0.3) is 6.08 Å². The van der Waals surface area contributed by atoms with E-state index in [1.54, 1.807) is 0 Å². The molecule has 0 aromatic heterocycles. The van der Waals surface area contributed by atoms with Crippen LogP contribution in [0.2, 0.25) is 0 Å². The number of nitrogens with two attached hydrogens (primary N) is 1. The van der Waals surface area contributed by atoms with Gasteiger partial charge in [0.25, 0.3) is 5.91 Å². The van der Waals surface area contributed by atoms with Crippen LogP contribution in [-0.4, -0.2) is 17.3 Å². The summed E-state index contributed by atoms with van der Waals surface area (Å²) in [6.07, 6.45) is 0.882. The first kappa shape index (κ1) is 11.5. The topological polar surface area (TPSA) is 80.4 Å². The van der Waals surface area contributed by atoms with Crippen LogP contribution in [0.5, 0.6) is 0 Å². The van der Waals surface area contributed by atoms with Gasteiger partial charge in [-0.05, 0) is 40.5 Å². The van der Waals surface area contributed by atoms with Crippen LogP contribution in [0.1, 0.15) is 22.8 Å². The number of halogens is 1. The van der Waals surface area contributed by atoms with E-state index in [0.29, 0.717) is 23.0 Å². The van der Waals surface area contributed by atoms with Gasteiger partial charge in [0.05, 0.1) is 0 Å². The maximum absolute atomic E-state index is 13.7. The van der Waals surface area contributed by atoms with Gasteiger partial charge in [0.15, 0.2) is 6.10 Å². The molecule has 1 unspecified atom stereocenters. The SMILES string of the molecule is NC(=O)C(O)c1cc(F)c2c(c1)C=C(C=O)C2. The van der Waals surface area contributed by atoms with E-state index >= 15 is 0 Å². The molecule has 88 valence electrons. The lowest BCUT2D eigenvalue weighted by atomic mass is 10.0. The van der Waals surface area contributed by atoms with Crippen LogP contribution < -0.4 is 5.73 Å². The lowest BCUT2D eigenvalue weighted by Crippen LogP contribution is -2.21. The highest BCUT2D eigenvalue weighted by molar-refractivity contribution is 5.87. The fourth-order valence-electron chi connectivity index (χ4n) is 1.85. The molecular formula is C12H10FNO3. The van der Waals surface area contributed by atoms with Gasteiger partial charge >= 0.3 is 0 Å². The molecular weight excluding hydrogens is 225 g/mol. The second kappa shape index (κ2) is 4.10. The highest BCUT2D eigenvalue weighted by Crippen LogP contribution is 2.29. The summed E-state index contributed by atoms with van der Waals surface area (Å²) in [4.78, 5) is 21.4. The fourth-order valence-corrected chi connectivity index (χ4v) is 1.85. The van der Waals surface area contributed by atoms with E-state index < -0.39 is 17.8 Å². The largest absolute Gasteiger partial charge is 0.378 e. The van der Waals surface area contributed by atoms with E-state index in [4.69, 9.17) is 5.73 Å². The number of hydrogen-bond acceptors (Lipinski definition) is 3. The van der Waals surface area contributed by atoms with E-state index in [0.717, 1.165) is 6.07 Å². The van der Waals surface area contributed by atoms with Crippen LogP contribution in [0.4, 0.5) is 4.39 Å². The maximum atomic E-state index is 13.7. The van der Waals surface area contributed by atoms with Crippen LogP contribution in [-0.2, 0) is 16.0 Å². The minimum absolute atomic E-state index is 0.0946. The summed E-state index contributed by atoms with van der Waals surface area (Å²) in [6.45, 7) is 0. The highest BCUT2D eigenvalue weighted by atomic mass is 19.1. The van der Waals surface area contributed by atoms with Crippen molar-refractivity contribution in [2.75, 3.05) is 0 Å². The summed E-state index contributed by atoms with van der Waals surface area (Å²) in [6, 6.07) is 2.53. The first-order valence-corrected chi connectivity index (χ1v) is 4.98. The maximum Gasteiger partial charge on any atom is 0.250 e. The zero-order chi connectivity index (χ0) is 12.6. The third-order valence-electron chi connectivity index (χ3n) is 2.71. The number of hydrogen-bond donors (Lipinski definition) is 2. The summed E-state index contributed by atoms with van der Waals surface area (Å²) in [5.41, 5.74) is 6.39. The van der Waals surface area contributed by atoms with Gasteiger partial charge in [-0.3, -0.25) is 9.59 Å². The molecule has 0 aliphatic heterocycles. The smallest absolute Gasteiger partial charge is 0.250 e. The molecule has 0 radical (unpaired) electrons. The van der Waals surface area contributed by atoms with Crippen molar-refractivity contribution in [1.82, 2.24) is 0 Å². The number of carbonyl (C=O) groups excluding carboxylic acids is 2. The Labute approximate surface area is 96.5 Å². The Balaban J connectivity index is 2.47. The third kappa shape index (κ3) is 1.97. The first-order valence-electron chi connectivity index (χ1n) is 4.98. The minimum atomic E-state index is -1.54. The van der Waals surface area contributed by atoms with Gasteiger partial charge in [-0.15, -0.1) is 0 Å². The lowest BCUT2D eigenvalue weighted by Gasteiger charge is -2.09. The number of rotatable bonds is 3. The second-order valence-corrected chi connectivity index (χ2v) is 3.89. The van der Waals surface area contributed by atoms with Crippen molar-refractivity contribution in [3.63, 3.8) is 0 Å². The van der Waals surface area contributed by atoms with Crippen LogP contribution >= 0.6 is 0 Å². The molecule has 1 atom stereocenters. The molecule has 0 saturated carbocycles. The minimum Gasteiger partial charge on any atom is -0.378 e. The highest BCUT2D eigenvalue weighted by Gasteiger charge is 2.21. The summed E-state index contributed by atoms with van der Waals surface area (Å²) < 4.78 is 13.7. The van der Waals surface area contributed by atoms with Crippen molar-refractivity contribution >= 4 is 18.3 Å². The number of primary amides is 1. The Kier molecular flexibility index (Phi) is 2.77. The Morgan fingerprint density at radius 1 is 1.53 bits per heavy atom.